The summed E-state index contributed by atoms with van der Waals surface area (Å²) in [4.78, 5) is 4.33. The van der Waals surface area contributed by atoms with Crippen LogP contribution in [0.5, 0.6) is 11.6 Å². The number of benzene rings is 1. The molecular weight excluding hydrogens is 276 g/mol. The molecule has 0 amide bonds. The molecule has 0 spiro atoms. The van der Waals surface area contributed by atoms with Crippen LogP contribution in [0.3, 0.4) is 0 Å². The summed E-state index contributed by atoms with van der Waals surface area (Å²) in [7, 11) is 1.85. The zero-order valence-corrected chi connectivity index (χ0v) is 12.1. The van der Waals surface area contributed by atoms with Crippen molar-refractivity contribution in [2.75, 3.05) is 20.3 Å². The van der Waals surface area contributed by atoms with Crippen molar-refractivity contribution in [1.29, 1.82) is 0 Å². The van der Waals surface area contributed by atoms with E-state index in [1.54, 1.807) is 12.1 Å². The number of para-hydroxylation sites is 1. The first-order chi connectivity index (χ1) is 9.79. The highest BCUT2D eigenvalue weighted by atomic mass is 35.5. The molecule has 5 heteroatoms. The Morgan fingerprint density at radius 3 is 2.55 bits per heavy atom. The minimum absolute atomic E-state index is 0.433. The lowest BCUT2D eigenvalue weighted by Crippen LogP contribution is -2.12. The van der Waals surface area contributed by atoms with Gasteiger partial charge in [0.25, 0.3) is 0 Å². The van der Waals surface area contributed by atoms with E-state index < -0.39 is 0 Å². The van der Waals surface area contributed by atoms with E-state index in [0.717, 1.165) is 11.4 Å². The first-order valence-electron chi connectivity index (χ1n) is 6.40. The fraction of sp³-hybridized carbons (Fsp3) is 0.267. The Morgan fingerprint density at radius 2 is 1.80 bits per heavy atom. The largest absolute Gasteiger partial charge is 0.490 e. The molecule has 0 radical (unpaired) electrons. The summed E-state index contributed by atoms with van der Waals surface area (Å²) in [5.41, 5.74) is 0.774. The Balaban J connectivity index is 1.80. The number of pyridine rings is 1. The van der Waals surface area contributed by atoms with Gasteiger partial charge in [0.05, 0.1) is 10.7 Å². The van der Waals surface area contributed by atoms with Crippen molar-refractivity contribution in [3.8, 4) is 11.6 Å². The van der Waals surface area contributed by atoms with E-state index in [-0.39, 0.29) is 0 Å². The van der Waals surface area contributed by atoms with E-state index in [0.29, 0.717) is 30.7 Å². The van der Waals surface area contributed by atoms with Gasteiger partial charge < -0.3 is 14.8 Å². The summed E-state index contributed by atoms with van der Waals surface area (Å²) in [6.45, 7) is 1.51. The minimum Gasteiger partial charge on any atom is -0.490 e. The molecule has 0 aliphatic carbocycles. The number of nitrogens with zero attached hydrogens (tertiary/aromatic N) is 1. The SMILES string of the molecule is CNCc1nc(OCCOc2ccccc2)ccc1Cl. The normalized spacial score (nSPS) is 10.3. The second-order valence-electron chi connectivity index (χ2n) is 4.12. The molecule has 2 rings (SSSR count). The Morgan fingerprint density at radius 1 is 1.05 bits per heavy atom. The summed E-state index contributed by atoms with van der Waals surface area (Å²) in [5, 5.41) is 3.65. The molecule has 20 heavy (non-hydrogen) atoms. The highest BCUT2D eigenvalue weighted by Crippen LogP contribution is 2.18. The zero-order valence-electron chi connectivity index (χ0n) is 11.3. The number of hydrogen-bond donors (Lipinski definition) is 1. The zero-order chi connectivity index (χ0) is 14.2. The first kappa shape index (κ1) is 14.6. The van der Waals surface area contributed by atoms with Crippen molar-refractivity contribution in [1.82, 2.24) is 10.3 Å². The van der Waals surface area contributed by atoms with Gasteiger partial charge in [0.2, 0.25) is 5.88 Å². The van der Waals surface area contributed by atoms with Gasteiger partial charge >= 0.3 is 0 Å². The highest BCUT2D eigenvalue weighted by Gasteiger charge is 2.04. The third kappa shape index (κ3) is 4.40. The van der Waals surface area contributed by atoms with E-state index in [1.165, 1.54) is 0 Å². The Hall–Kier alpha value is -1.78. The third-order valence-corrected chi connectivity index (χ3v) is 2.93. The first-order valence-corrected chi connectivity index (χ1v) is 6.78. The quantitative estimate of drug-likeness (QED) is 0.797. The van der Waals surface area contributed by atoms with Gasteiger partial charge in [0.15, 0.2) is 0 Å². The predicted molar refractivity (Wildman–Crippen MR) is 79.4 cm³/mol. The average Bonchev–Trinajstić information content (AvgIpc) is 2.48. The number of ether oxygens (including phenoxy) is 2. The Kier molecular flexibility index (Phi) is 5.65. The van der Waals surface area contributed by atoms with Gasteiger partial charge in [-0.1, -0.05) is 29.8 Å². The molecule has 2 aromatic rings. The van der Waals surface area contributed by atoms with Crippen LogP contribution in [-0.2, 0) is 6.54 Å². The smallest absolute Gasteiger partial charge is 0.213 e. The fourth-order valence-corrected chi connectivity index (χ4v) is 1.83. The Bertz CT molecular complexity index is 535. The molecule has 1 heterocycles. The van der Waals surface area contributed by atoms with E-state index >= 15 is 0 Å². The topological polar surface area (TPSA) is 43.4 Å². The summed E-state index contributed by atoms with van der Waals surface area (Å²) in [6.07, 6.45) is 0. The minimum atomic E-state index is 0.433. The molecule has 0 saturated carbocycles. The lowest BCUT2D eigenvalue weighted by Gasteiger charge is -2.09. The van der Waals surface area contributed by atoms with Gasteiger partial charge in [-0.25, -0.2) is 4.98 Å². The monoisotopic (exact) mass is 292 g/mol. The van der Waals surface area contributed by atoms with Gasteiger partial charge in [-0.3, -0.25) is 0 Å². The maximum atomic E-state index is 6.03. The number of hydrogen-bond acceptors (Lipinski definition) is 4. The van der Waals surface area contributed by atoms with E-state index in [9.17, 15) is 0 Å². The van der Waals surface area contributed by atoms with Crippen molar-refractivity contribution in [2.24, 2.45) is 0 Å². The van der Waals surface area contributed by atoms with Crippen molar-refractivity contribution in [3.63, 3.8) is 0 Å². The molecule has 106 valence electrons. The number of nitrogens with one attached hydrogen (secondary N) is 1. The lowest BCUT2D eigenvalue weighted by atomic mass is 10.3. The summed E-state index contributed by atoms with van der Waals surface area (Å²) < 4.78 is 11.1. The Labute approximate surface area is 123 Å². The van der Waals surface area contributed by atoms with Crippen LogP contribution in [-0.4, -0.2) is 25.2 Å². The van der Waals surface area contributed by atoms with Crippen LogP contribution in [0.1, 0.15) is 5.69 Å². The van der Waals surface area contributed by atoms with Crippen LogP contribution in [0, 0.1) is 0 Å². The van der Waals surface area contributed by atoms with Gasteiger partial charge in [0.1, 0.15) is 19.0 Å². The van der Waals surface area contributed by atoms with Gasteiger partial charge in [-0.2, -0.15) is 0 Å². The van der Waals surface area contributed by atoms with Crippen LogP contribution in [0.15, 0.2) is 42.5 Å². The molecule has 0 atom stereocenters. The van der Waals surface area contributed by atoms with E-state index in [1.807, 2.05) is 37.4 Å². The van der Waals surface area contributed by atoms with Gasteiger partial charge in [-0.05, 0) is 25.2 Å². The molecule has 0 aliphatic rings. The van der Waals surface area contributed by atoms with Crippen molar-refractivity contribution in [2.45, 2.75) is 6.54 Å². The molecule has 0 fully saturated rings. The molecule has 1 aromatic heterocycles. The van der Waals surface area contributed by atoms with Crippen LogP contribution in [0.25, 0.3) is 0 Å². The van der Waals surface area contributed by atoms with Crippen LogP contribution in [0.2, 0.25) is 5.02 Å². The van der Waals surface area contributed by atoms with Crippen molar-refractivity contribution >= 4 is 11.6 Å². The van der Waals surface area contributed by atoms with Crippen LogP contribution >= 0.6 is 11.6 Å². The van der Waals surface area contributed by atoms with E-state index in [4.69, 9.17) is 21.1 Å². The van der Waals surface area contributed by atoms with E-state index in [2.05, 4.69) is 10.3 Å². The average molecular weight is 293 g/mol. The van der Waals surface area contributed by atoms with Crippen molar-refractivity contribution < 1.29 is 9.47 Å². The number of rotatable bonds is 7. The standard InChI is InChI=1S/C15H17ClN2O2/c1-17-11-14-13(16)7-8-15(18-14)20-10-9-19-12-5-3-2-4-6-12/h2-8,17H,9-11H2,1H3. The molecule has 0 unspecified atom stereocenters. The predicted octanol–water partition coefficient (Wildman–Crippen LogP) is 2.91. The maximum absolute atomic E-state index is 6.03. The van der Waals surface area contributed by atoms with Crippen LogP contribution in [0.4, 0.5) is 0 Å². The van der Waals surface area contributed by atoms with Crippen molar-refractivity contribution in [3.05, 3.63) is 53.2 Å². The second-order valence-corrected chi connectivity index (χ2v) is 4.53. The summed E-state index contributed by atoms with van der Waals surface area (Å²) in [6, 6.07) is 13.2. The van der Waals surface area contributed by atoms with Gasteiger partial charge in [0, 0.05) is 12.6 Å². The second kappa shape index (κ2) is 7.72. The van der Waals surface area contributed by atoms with Gasteiger partial charge in [-0.15, -0.1) is 0 Å². The summed E-state index contributed by atoms with van der Waals surface area (Å²) in [5.74, 6) is 1.38. The molecule has 0 saturated heterocycles. The molecule has 1 aromatic carbocycles. The highest BCUT2D eigenvalue weighted by molar-refractivity contribution is 6.31. The lowest BCUT2D eigenvalue weighted by molar-refractivity contribution is 0.211. The maximum Gasteiger partial charge on any atom is 0.213 e. The summed E-state index contributed by atoms with van der Waals surface area (Å²) >= 11 is 6.03. The number of halogens is 1. The van der Waals surface area contributed by atoms with Crippen LogP contribution < -0.4 is 14.8 Å². The number of aromatic nitrogens is 1. The molecule has 0 aliphatic heterocycles. The molecule has 0 bridgehead atoms. The molecular formula is C15H17ClN2O2. The molecule has 4 nitrogen and oxygen atoms in total. The third-order valence-electron chi connectivity index (χ3n) is 2.58. The fourth-order valence-electron chi connectivity index (χ4n) is 1.66. The molecule has 1 N–H and O–H groups in total.